The summed E-state index contributed by atoms with van der Waals surface area (Å²) in [4.78, 5) is 27.3. The zero-order chi connectivity index (χ0) is 24.0. The Morgan fingerprint density at radius 3 is 2.36 bits per heavy atom. The number of rotatable bonds is 3. The Kier molecular flexibility index (Phi) is 6.05. The highest BCUT2D eigenvalue weighted by Gasteiger charge is 2.37. The molecule has 1 aliphatic carbocycles. The molecule has 2 aromatic rings. The van der Waals surface area contributed by atoms with Gasteiger partial charge in [0.15, 0.2) is 0 Å². The van der Waals surface area contributed by atoms with Crippen LogP contribution in [0.5, 0.6) is 0 Å². The molecule has 1 aliphatic heterocycles. The number of alkyl halides is 3. The van der Waals surface area contributed by atoms with Crippen molar-refractivity contribution in [3.63, 3.8) is 0 Å². The summed E-state index contributed by atoms with van der Waals surface area (Å²) in [6.07, 6.45) is -1.73. The van der Waals surface area contributed by atoms with Gasteiger partial charge in [-0.2, -0.15) is 13.2 Å². The van der Waals surface area contributed by atoms with Gasteiger partial charge in [-0.15, -0.1) is 0 Å². The lowest BCUT2D eigenvalue weighted by Gasteiger charge is -2.36. The summed E-state index contributed by atoms with van der Waals surface area (Å²) in [5.74, 6) is 1.24. The quantitative estimate of drug-likeness (QED) is 0.674. The molecule has 1 aromatic heterocycles. The summed E-state index contributed by atoms with van der Waals surface area (Å²) in [7, 11) is 0. The van der Waals surface area contributed by atoms with Crippen LogP contribution in [0.2, 0.25) is 0 Å². The minimum atomic E-state index is -4.43. The van der Waals surface area contributed by atoms with Crippen LogP contribution in [0.15, 0.2) is 34.7 Å². The Morgan fingerprint density at radius 2 is 1.76 bits per heavy atom. The normalized spacial score (nSPS) is 20.9. The standard InChI is InChI=1S/C25H29F3N2O3/c1-15-12-19-20(13-24(2,3)14-21(19)33-15)29-22(31)16-8-10-30(11-9-16)23(32)17-4-6-18(7-5-17)25(26,27)28/h4-7,12,16,20H,8-11,13-14H2,1-3H3,(H,29,31). The highest BCUT2D eigenvalue weighted by atomic mass is 19.4. The molecule has 1 aromatic carbocycles. The number of nitrogens with zero attached hydrogens (tertiary/aromatic N) is 1. The molecule has 5 nitrogen and oxygen atoms in total. The van der Waals surface area contributed by atoms with E-state index in [1.165, 1.54) is 12.1 Å². The Labute approximate surface area is 191 Å². The molecule has 0 saturated carbocycles. The molecule has 4 rings (SSSR count). The number of carbonyl (C=O) groups is 2. The lowest BCUT2D eigenvalue weighted by atomic mass is 9.74. The van der Waals surface area contributed by atoms with Crippen molar-refractivity contribution >= 4 is 11.8 Å². The van der Waals surface area contributed by atoms with E-state index >= 15 is 0 Å². The summed E-state index contributed by atoms with van der Waals surface area (Å²) in [5, 5.41) is 3.20. The predicted molar refractivity (Wildman–Crippen MR) is 117 cm³/mol. The number of fused-ring (bicyclic) bond motifs is 1. The van der Waals surface area contributed by atoms with Crippen LogP contribution in [0, 0.1) is 18.3 Å². The molecule has 0 bridgehead atoms. The molecule has 2 aliphatic rings. The Bertz CT molecular complexity index is 1030. The molecule has 0 radical (unpaired) electrons. The largest absolute Gasteiger partial charge is 0.466 e. The summed E-state index contributed by atoms with van der Waals surface area (Å²) in [5.41, 5.74) is 0.511. The van der Waals surface area contributed by atoms with Gasteiger partial charge in [0.1, 0.15) is 11.5 Å². The van der Waals surface area contributed by atoms with Crippen LogP contribution in [-0.2, 0) is 17.4 Å². The number of hydrogen-bond acceptors (Lipinski definition) is 3. The number of aryl methyl sites for hydroxylation is 1. The van der Waals surface area contributed by atoms with E-state index in [1.54, 1.807) is 4.90 Å². The van der Waals surface area contributed by atoms with Crippen molar-refractivity contribution in [3.8, 4) is 0 Å². The van der Waals surface area contributed by atoms with Crippen molar-refractivity contribution in [1.82, 2.24) is 10.2 Å². The molecule has 178 valence electrons. The number of amides is 2. The van der Waals surface area contributed by atoms with E-state index in [0.717, 1.165) is 42.1 Å². The second-order valence-electron chi connectivity index (χ2n) is 9.98. The average Bonchev–Trinajstić information content (AvgIpc) is 3.11. The third-order valence-corrected chi connectivity index (χ3v) is 6.66. The Balaban J connectivity index is 1.35. The number of likely N-dealkylation sites (tertiary alicyclic amines) is 1. The fourth-order valence-corrected chi connectivity index (χ4v) is 4.93. The van der Waals surface area contributed by atoms with Gasteiger partial charge in [-0.3, -0.25) is 9.59 Å². The van der Waals surface area contributed by atoms with E-state index < -0.39 is 11.7 Å². The van der Waals surface area contributed by atoms with Gasteiger partial charge in [-0.25, -0.2) is 0 Å². The molecular weight excluding hydrogens is 433 g/mol. The lowest BCUT2D eigenvalue weighted by molar-refractivity contribution is -0.137. The van der Waals surface area contributed by atoms with E-state index in [-0.39, 0.29) is 34.8 Å². The van der Waals surface area contributed by atoms with Gasteiger partial charge in [0.05, 0.1) is 11.6 Å². The Morgan fingerprint density at radius 1 is 1.12 bits per heavy atom. The molecule has 1 unspecified atom stereocenters. The third-order valence-electron chi connectivity index (χ3n) is 6.66. The molecule has 33 heavy (non-hydrogen) atoms. The molecule has 1 fully saturated rings. The van der Waals surface area contributed by atoms with E-state index in [0.29, 0.717) is 25.9 Å². The highest BCUT2D eigenvalue weighted by molar-refractivity contribution is 5.94. The van der Waals surface area contributed by atoms with Crippen molar-refractivity contribution in [2.75, 3.05) is 13.1 Å². The SMILES string of the molecule is Cc1cc2c(o1)CC(C)(C)CC2NC(=O)C1CCN(C(=O)c2ccc(C(F)(F)F)cc2)CC1. The molecule has 1 N–H and O–H groups in total. The molecule has 2 heterocycles. The highest BCUT2D eigenvalue weighted by Crippen LogP contribution is 2.42. The summed E-state index contributed by atoms with van der Waals surface area (Å²) in [6.45, 7) is 7.03. The minimum Gasteiger partial charge on any atom is -0.466 e. The lowest BCUT2D eigenvalue weighted by Crippen LogP contribution is -2.44. The molecule has 2 amide bonds. The van der Waals surface area contributed by atoms with Crippen molar-refractivity contribution in [2.45, 2.75) is 58.7 Å². The number of halogens is 3. The van der Waals surface area contributed by atoms with Crippen LogP contribution in [0.3, 0.4) is 0 Å². The monoisotopic (exact) mass is 462 g/mol. The van der Waals surface area contributed by atoms with Crippen molar-refractivity contribution in [2.24, 2.45) is 11.3 Å². The summed E-state index contributed by atoms with van der Waals surface area (Å²) < 4.78 is 44.1. The van der Waals surface area contributed by atoms with Crippen LogP contribution in [0.4, 0.5) is 13.2 Å². The summed E-state index contributed by atoms with van der Waals surface area (Å²) in [6, 6.07) is 6.16. The van der Waals surface area contributed by atoms with Crippen molar-refractivity contribution in [1.29, 1.82) is 0 Å². The molecule has 0 spiro atoms. The fourth-order valence-electron chi connectivity index (χ4n) is 4.93. The predicted octanol–water partition coefficient (Wildman–Crippen LogP) is 5.29. The maximum Gasteiger partial charge on any atom is 0.416 e. The fraction of sp³-hybridized carbons (Fsp3) is 0.520. The van der Waals surface area contributed by atoms with Crippen molar-refractivity contribution in [3.05, 3.63) is 58.5 Å². The first kappa shape index (κ1) is 23.4. The number of hydrogen-bond donors (Lipinski definition) is 1. The van der Waals surface area contributed by atoms with Crippen LogP contribution >= 0.6 is 0 Å². The van der Waals surface area contributed by atoms with Crippen LogP contribution in [0.25, 0.3) is 0 Å². The van der Waals surface area contributed by atoms with Crippen LogP contribution < -0.4 is 5.32 Å². The number of piperidine rings is 1. The van der Waals surface area contributed by atoms with Crippen LogP contribution in [-0.4, -0.2) is 29.8 Å². The number of benzene rings is 1. The zero-order valence-electron chi connectivity index (χ0n) is 19.1. The smallest absolute Gasteiger partial charge is 0.416 e. The number of nitrogens with one attached hydrogen (secondary N) is 1. The van der Waals surface area contributed by atoms with Gasteiger partial charge in [-0.05, 0) is 61.9 Å². The van der Waals surface area contributed by atoms with E-state index in [1.807, 2.05) is 13.0 Å². The maximum atomic E-state index is 13.0. The molecular formula is C25H29F3N2O3. The van der Waals surface area contributed by atoms with Gasteiger partial charge in [-0.1, -0.05) is 13.8 Å². The van der Waals surface area contributed by atoms with Gasteiger partial charge >= 0.3 is 6.18 Å². The minimum absolute atomic E-state index is 0.0205. The van der Waals surface area contributed by atoms with E-state index in [4.69, 9.17) is 4.42 Å². The number of carbonyl (C=O) groups excluding carboxylic acids is 2. The summed E-state index contributed by atoms with van der Waals surface area (Å²) >= 11 is 0. The van der Waals surface area contributed by atoms with Gasteiger partial charge in [0, 0.05) is 36.6 Å². The van der Waals surface area contributed by atoms with Gasteiger partial charge < -0.3 is 14.6 Å². The molecule has 1 atom stereocenters. The zero-order valence-corrected chi connectivity index (χ0v) is 19.1. The first-order chi connectivity index (χ1) is 15.4. The maximum absolute atomic E-state index is 13.0. The second kappa shape index (κ2) is 8.54. The molecule has 1 saturated heterocycles. The van der Waals surface area contributed by atoms with E-state index in [9.17, 15) is 22.8 Å². The first-order valence-electron chi connectivity index (χ1n) is 11.3. The third kappa shape index (κ3) is 5.09. The van der Waals surface area contributed by atoms with Crippen LogP contribution in [0.1, 0.15) is 72.2 Å². The second-order valence-corrected chi connectivity index (χ2v) is 9.98. The Hall–Kier alpha value is -2.77. The number of furan rings is 1. The average molecular weight is 463 g/mol. The molecule has 8 heteroatoms. The van der Waals surface area contributed by atoms with Crippen molar-refractivity contribution < 1.29 is 27.2 Å². The van der Waals surface area contributed by atoms with E-state index in [2.05, 4.69) is 19.2 Å². The first-order valence-corrected chi connectivity index (χ1v) is 11.3. The van der Waals surface area contributed by atoms with Gasteiger partial charge in [0.25, 0.3) is 5.91 Å². The topological polar surface area (TPSA) is 62.6 Å². The van der Waals surface area contributed by atoms with Gasteiger partial charge in [0.2, 0.25) is 5.91 Å².